The van der Waals surface area contributed by atoms with E-state index in [4.69, 9.17) is 27.9 Å². The van der Waals surface area contributed by atoms with Gasteiger partial charge in [-0.3, -0.25) is 9.59 Å². The fourth-order valence-corrected chi connectivity index (χ4v) is 2.93. The summed E-state index contributed by atoms with van der Waals surface area (Å²) in [4.78, 5) is 24.3. The first kappa shape index (κ1) is 23.8. The fraction of sp³-hybridized carbons (Fsp3) is 0.0417. The molecule has 0 aliphatic carbocycles. The average molecular weight is 484 g/mol. The monoisotopic (exact) mass is 483 g/mol. The number of hydrogen-bond acceptors (Lipinski definition) is 4. The summed E-state index contributed by atoms with van der Waals surface area (Å²) in [5, 5.41) is 15.2. The van der Waals surface area contributed by atoms with Crippen molar-refractivity contribution in [1.82, 2.24) is 0 Å². The van der Waals surface area contributed by atoms with Crippen molar-refractivity contribution in [1.29, 1.82) is 5.26 Å². The van der Waals surface area contributed by atoms with Crippen molar-refractivity contribution in [2.24, 2.45) is 0 Å². The molecule has 0 spiro atoms. The number of rotatable bonds is 7. The van der Waals surface area contributed by atoms with Gasteiger partial charge in [-0.25, -0.2) is 4.39 Å². The van der Waals surface area contributed by atoms with Crippen LogP contribution in [0.15, 0.2) is 72.3 Å². The number of halogens is 3. The van der Waals surface area contributed by atoms with Crippen molar-refractivity contribution in [2.75, 3.05) is 17.2 Å². The van der Waals surface area contributed by atoms with Crippen molar-refractivity contribution >= 4 is 52.5 Å². The maximum atomic E-state index is 12.9. The van der Waals surface area contributed by atoms with Crippen molar-refractivity contribution in [2.45, 2.75) is 0 Å². The number of carbonyl (C=O) groups excluding carboxylic acids is 2. The molecule has 2 N–H and O–H groups in total. The minimum Gasteiger partial charge on any atom is -0.484 e. The Morgan fingerprint density at radius 1 is 0.939 bits per heavy atom. The number of benzene rings is 3. The highest BCUT2D eigenvalue weighted by Gasteiger charge is 2.11. The molecule has 3 aromatic rings. The maximum Gasteiger partial charge on any atom is 0.266 e. The number of hydrogen-bond donors (Lipinski definition) is 2. The van der Waals surface area contributed by atoms with Crippen LogP contribution in [0, 0.1) is 17.1 Å². The van der Waals surface area contributed by atoms with Gasteiger partial charge < -0.3 is 15.4 Å². The number of carbonyl (C=O) groups is 2. The van der Waals surface area contributed by atoms with Gasteiger partial charge in [0.15, 0.2) is 6.61 Å². The molecule has 2 amide bonds. The first-order valence-electron chi connectivity index (χ1n) is 9.50. The molecule has 3 aromatic carbocycles. The number of amides is 2. The molecule has 0 atom stereocenters. The van der Waals surface area contributed by atoms with Crippen LogP contribution in [-0.4, -0.2) is 18.4 Å². The first-order chi connectivity index (χ1) is 15.8. The Morgan fingerprint density at radius 3 is 2.24 bits per heavy atom. The summed E-state index contributed by atoms with van der Waals surface area (Å²) in [6, 6.07) is 18.3. The molecule has 0 radical (unpaired) electrons. The van der Waals surface area contributed by atoms with E-state index in [0.29, 0.717) is 27.7 Å². The molecule has 0 fully saturated rings. The zero-order chi connectivity index (χ0) is 23.8. The molecule has 0 aliphatic heterocycles. The van der Waals surface area contributed by atoms with Crippen LogP contribution in [0.2, 0.25) is 10.0 Å². The summed E-state index contributed by atoms with van der Waals surface area (Å²) < 4.78 is 18.3. The smallest absolute Gasteiger partial charge is 0.266 e. The van der Waals surface area contributed by atoms with E-state index >= 15 is 0 Å². The Labute approximate surface area is 199 Å². The third-order valence-corrected chi connectivity index (χ3v) is 4.97. The highest BCUT2D eigenvalue weighted by Crippen LogP contribution is 2.25. The average Bonchev–Trinajstić information content (AvgIpc) is 2.80. The van der Waals surface area contributed by atoms with E-state index in [9.17, 15) is 19.2 Å². The zero-order valence-corrected chi connectivity index (χ0v) is 18.5. The minimum atomic E-state index is -0.603. The summed E-state index contributed by atoms with van der Waals surface area (Å²) in [6.45, 7) is -0.248. The fourth-order valence-electron chi connectivity index (χ4n) is 2.63. The highest BCUT2D eigenvalue weighted by molar-refractivity contribution is 6.42. The molecule has 9 heteroatoms. The van der Waals surface area contributed by atoms with Crippen molar-refractivity contribution in [3.8, 4) is 11.8 Å². The van der Waals surface area contributed by atoms with Crippen LogP contribution in [0.1, 0.15) is 5.56 Å². The van der Waals surface area contributed by atoms with E-state index in [0.717, 1.165) is 0 Å². The second kappa shape index (κ2) is 11.1. The zero-order valence-electron chi connectivity index (χ0n) is 16.9. The van der Waals surface area contributed by atoms with E-state index in [1.807, 2.05) is 6.07 Å². The van der Waals surface area contributed by atoms with E-state index < -0.39 is 17.6 Å². The van der Waals surface area contributed by atoms with Crippen LogP contribution < -0.4 is 15.4 Å². The van der Waals surface area contributed by atoms with Gasteiger partial charge in [-0.1, -0.05) is 35.3 Å². The Kier molecular flexibility index (Phi) is 8.03. The van der Waals surface area contributed by atoms with Gasteiger partial charge in [-0.05, 0) is 66.2 Å². The summed E-state index contributed by atoms with van der Waals surface area (Å²) in [7, 11) is 0. The number of nitriles is 1. The lowest BCUT2D eigenvalue weighted by Gasteiger charge is -2.08. The van der Waals surface area contributed by atoms with Gasteiger partial charge in [0.05, 0.1) is 10.0 Å². The van der Waals surface area contributed by atoms with Gasteiger partial charge in [-0.15, -0.1) is 0 Å². The van der Waals surface area contributed by atoms with E-state index in [2.05, 4.69) is 10.6 Å². The topological polar surface area (TPSA) is 91.2 Å². The maximum absolute atomic E-state index is 12.9. The van der Waals surface area contributed by atoms with E-state index in [-0.39, 0.29) is 17.2 Å². The molecule has 0 unspecified atom stereocenters. The lowest BCUT2D eigenvalue weighted by molar-refractivity contribution is -0.118. The SMILES string of the molecule is N#C/C(=C\c1ccc(OCC(=O)Nc2ccc(F)cc2)cc1)C(=O)Nc1ccc(Cl)c(Cl)c1. The lowest BCUT2D eigenvalue weighted by atomic mass is 10.1. The number of ether oxygens (including phenoxy) is 1. The highest BCUT2D eigenvalue weighted by atomic mass is 35.5. The second-order valence-corrected chi connectivity index (χ2v) is 7.48. The molecule has 6 nitrogen and oxygen atoms in total. The molecule has 33 heavy (non-hydrogen) atoms. The molecule has 0 saturated carbocycles. The third-order valence-electron chi connectivity index (χ3n) is 4.23. The molecule has 0 aromatic heterocycles. The molecule has 166 valence electrons. The first-order valence-corrected chi connectivity index (χ1v) is 10.3. The predicted molar refractivity (Wildman–Crippen MR) is 126 cm³/mol. The van der Waals surface area contributed by atoms with E-state index in [1.54, 1.807) is 30.3 Å². The number of nitrogens with one attached hydrogen (secondary N) is 2. The molecule has 0 aliphatic rings. The Hall–Kier alpha value is -3.86. The molecular weight excluding hydrogens is 468 g/mol. The second-order valence-electron chi connectivity index (χ2n) is 6.67. The molecular formula is C24H16Cl2FN3O3. The Bertz CT molecular complexity index is 1240. The van der Waals surface area contributed by atoms with Crippen molar-refractivity contribution in [3.63, 3.8) is 0 Å². The van der Waals surface area contributed by atoms with Gasteiger partial charge in [0.1, 0.15) is 23.2 Å². The summed E-state index contributed by atoms with van der Waals surface area (Å²) in [5.74, 6) is -0.991. The third kappa shape index (κ3) is 7.07. The predicted octanol–water partition coefficient (Wildman–Crippen LogP) is 5.70. The quantitative estimate of drug-likeness (QED) is 0.333. The normalized spacial score (nSPS) is 10.8. The van der Waals surface area contributed by atoms with Crippen LogP contribution in [-0.2, 0) is 9.59 Å². The van der Waals surface area contributed by atoms with Crippen molar-refractivity contribution < 1.29 is 18.7 Å². The molecule has 3 rings (SSSR count). The van der Waals surface area contributed by atoms with Gasteiger partial charge in [-0.2, -0.15) is 5.26 Å². The summed E-state index contributed by atoms with van der Waals surface area (Å²) in [5.41, 5.74) is 1.32. The van der Waals surface area contributed by atoms with Crippen LogP contribution >= 0.6 is 23.2 Å². The largest absolute Gasteiger partial charge is 0.484 e. The number of nitrogens with zero attached hydrogens (tertiary/aromatic N) is 1. The van der Waals surface area contributed by atoms with Crippen LogP contribution in [0.5, 0.6) is 5.75 Å². The van der Waals surface area contributed by atoms with Crippen LogP contribution in [0.3, 0.4) is 0 Å². The van der Waals surface area contributed by atoms with Crippen LogP contribution in [0.4, 0.5) is 15.8 Å². The number of anilines is 2. The van der Waals surface area contributed by atoms with Gasteiger partial charge in [0.2, 0.25) is 0 Å². The molecule has 0 bridgehead atoms. The molecule has 0 heterocycles. The lowest BCUT2D eigenvalue weighted by Crippen LogP contribution is -2.20. The van der Waals surface area contributed by atoms with Crippen LogP contribution in [0.25, 0.3) is 6.08 Å². The molecule has 0 saturated heterocycles. The summed E-state index contributed by atoms with van der Waals surface area (Å²) in [6.07, 6.45) is 1.41. The minimum absolute atomic E-state index is 0.117. The van der Waals surface area contributed by atoms with Crippen molar-refractivity contribution in [3.05, 3.63) is 93.7 Å². The van der Waals surface area contributed by atoms with Gasteiger partial charge in [0, 0.05) is 11.4 Å². The van der Waals surface area contributed by atoms with Gasteiger partial charge >= 0.3 is 0 Å². The Balaban J connectivity index is 1.57. The summed E-state index contributed by atoms with van der Waals surface area (Å²) >= 11 is 11.8. The van der Waals surface area contributed by atoms with E-state index in [1.165, 1.54) is 42.5 Å². The van der Waals surface area contributed by atoms with Gasteiger partial charge in [0.25, 0.3) is 11.8 Å². The Morgan fingerprint density at radius 2 is 1.61 bits per heavy atom. The standard InChI is InChI=1S/C24H16Cl2FN3O3/c25-21-10-7-19(12-22(21)26)30-24(32)16(13-28)11-15-1-8-20(9-2-15)33-14-23(31)29-18-5-3-17(27)4-6-18/h1-12H,14H2,(H,29,31)(H,30,32)/b16-11+.